The first-order valence-electron chi connectivity index (χ1n) is 11.9. The van der Waals surface area contributed by atoms with Crippen LogP contribution in [0.25, 0.3) is 0 Å². The number of carboxylic acids is 1. The van der Waals surface area contributed by atoms with Crippen LogP contribution in [-0.4, -0.2) is 49.7 Å². The van der Waals surface area contributed by atoms with Gasteiger partial charge in [0, 0.05) is 24.7 Å². The van der Waals surface area contributed by atoms with Gasteiger partial charge in [-0.2, -0.15) is 5.10 Å². The van der Waals surface area contributed by atoms with Crippen LogP contribution in [0.1, 0.15) is 103 Å². The van der Waals surface area contributed by atoms with Crippen molar-refractivity contribution in [3.05, 3.63) is 46.5 Å². The lowest BCUT2D eigenvalue weighted by Crippen LogP contribution is -2.40. The van der Waals surface area contributed by atoms with Crippen molar-refractivity contribution in [2.75, 3.05) is 13.1 Å². The molecule has 0 unspecified atom stereocenters. The van der Waals surface area contributed by atoms with E-state index in [-0.39, 0.29) is 17.5 Å². The minimum Gasteiger partial charge on any atom is -0.477 e. The highest BCUT2D eigenvalue weighted by Gasteiger charge is 2.29. The summed E-state index contributed by atoms with van der Waals surface area (Å²) in [7, 11) is 0. The zero-order valence-electron chi connectivity index (χ0n) is 19.2. The van der Waals surface area contributed by atoms with Crippen LogP contribution >= 0.6 is 0 Å². The summed E-state index contributed by atoms with van der Waals surface area (Å²) in [4.78, 5) is 30.6. The SMILES string of the molecule is O=C(O)c1nc(C2CCN(C(=O)Cn3nc(C(F)F)cc3C(F)F)CC2)ccc1C1CCCCC1. The highest BCUT2D eigenvalue weighted by Crippen LogP contribution is 2.36. The van der Waals surface area contributed by atoms with Crippen molar-refractivity contribution < 1.29 is 32.3 Å². The number of aromatic carboxylic acids is 1. The summed E-state index contributed by atoms with van der Waals surface area (Å²) in [5, 5.41) is 13.2. The van der Waals surface area contributed by atoms with E-state index >= 15 is 0 Å². The Kier molecular flexibility index (Phi) is 7.71. The zero-order valence-corrected chi connectivity index (χ0v) is 19.2. The summed E-state index contributed by atoms with van der Waals surface area (Å²) in [5.74, 6) is -1.36. The quantitative estimate of drug-likeness (QED) is 0.525. The van der Waals surface area contributed by atoms with Crippen molar-refractivity contribution in [1.82, 2.24) is 19.7 Å². The molecule has 1 saturated carbocycles. The van der Waals surface area contributed by atoms with Crippen LogP contribution in [-0.2, 0) is 11.3 Å². The lowest BCUT2D eigenvalue weighted by atomic mass is 9.82. The molecule has 1 aliphatic heterocycles. The first-order valence-corrected chi connectivity index (χ1v) is 11.9. The number of pyridine rings is 1. The van der Waals surface area contributed by atoms with Gasteiger partial charge in [-0.05, 0) is 49.3 Å². The van der Waals surface area contributed by atoms with Crippen LogP contribution in [0, 0.1) is 0 Å². The van der Waals surface area contributed by atoms with Crippen LogP contribution in [0.2, 0.25) is 0 Å². The van der Waals surface area contributed by atoms with Crippen LogP contribution in [0.15, 0.2) is 18.2 Å². The number of aromatic nitrogens is 3. The van der Waals surface area contributed by atoms with Crippen molar-refractivity contribution in [3.63, 3.8) is 0 Å². The maximum atomic E-state index is 13.2. The van der Waals surface area contributed by atoms with Gasteiger partial charge in [-0.15, -0.1) is 0 Å². The average molecular weight is 497 g/mol. The Morgan fingerprint density at radius 2 is 1.66 bits per heavy atom. The van der Waals surface area contributed by atoms with E-state index in [1.54, 1.807) is 0 Å². The van der Waals surface area contributed by atoms with Crippen LogP contribution in [0.5, 0.6) is 0 Å². The second-order valence-electron chi connectivity index (χ2n) is 9.22. The number of carbonyl (C=O) groups is 2. The van der Waals surface area contributed by atoms with E-state index in [2.05, 4.69) is 10.1 Å². The zero-order chi connectivity index (χ0) is 25.1. The smallest absolute Gasteiger partial charge is 0.354 e. The number of nitrogens with zero attached hydrogens (tertiary/aromatic N) is 4. The molecule has 0 bridgehead atoms. The number of halogens is 4. The van der Waals surface area contributed by atoms with E-state index in [4.69, 9.17) is 0 Å². The third kappa shape index (κ3) is 5.65. The minimum absolute atomic E-state index is 0.0377. The Morgan fingerprint density at radius 3 is 2.26 bits per heavy atom. The molecular formula is C24H28F4N4O3. The molecule has 1 aliphatic carbocycles. The summed E-state index contributed by atoms with van der Waals surface area (Å²) in [6.45, 7) is 0.102. The van der Waals surface area contributed by atoms with E-state index in [0.29, 0.717) is 42.4 Å². The summed E-state index contributed by atoms with van der Waals surface area (Å²) in [5.41, 5.74) is 0.0465. The predicted octanol–water partition coefficient (Wildman–Crippen LogP) is 5.31. The molecule has 0 aromatic carbocycles. The molecule has 2 fully saturated rings. The molecule has 3 heterocycles. The standard InChI is InChI=1S/C24H28F4N4O3/c25-22(26)18-12-19(23(27)28)32(30-18)13-20(33)31-10-8-15(9-11-31)17-7-6-16(21(29-17)24(34)35)14-4-2-1-3-5-14/h6-7,12,14-15,22-23H,1-5,8-11,13H2,(H,34,35). The monoisotopic (exact) mass is 496 g/mol. The second kappa shape index (κ2) is 10.7. The molecule has 1 N–H and O–H groups in total. The maximum Gasteiger partial charge on any atom is 0.354 e. The number of carbonyl (C=O) groups excluding carboxylic acids is 1. The number of piperidine rings is 1. The van der Waals surface area contributed by atoms with Gasteiger partial charge in [0.25, 0.3) is 12.9 Å². The summed E-state index contributed by atoms with van der Waals surface area (Å²) >= 11 is 0. The van der Waals surface area contributed by atoms with E-state index in [1.165, 1.54) is 11.3 Å². The van der Waals surface area contributed by atoms with E-state index < -0.39 is 42.7 Å². The van der Waals surface area contributed by atoms with Gasteiger partial charge in [0.15, 0.2) is 5.69 Å². The number of alkyl halides is 4. The summed E-state index contributed by atoms with van der Waals surface area (Å²) in [6, 6.07) is 4.38. The van der Waals surface area contributed by atoms with Gasteiger partial charge in [0.1, 0.15) is 17.9 Å². The fourth-order valence-corrected chi connectivity index (χ4v) is 5.14. The largest absolute Gasteiger partial charge is 0.477 e. The number of hydrogen-bond acceptors (Lipinski definition) is 4. The van der Waals surface area contributed by atoms with E-state index in [9.17, 15) is 32.3 Å². The van der Waals surface area contributed by atoms with Gasteiger partial charge in [0.05, 0.1) is 0 Å². The number of carboxylic acid groups (broad SMARTS) is 1. The van der Waals surface area contributed by atoms with Gasteiger partial charge in [0.2, 0.25) is 5.91 Å². The molecule has 0 spiro atoms. The molecule has 0 radical (unpaired) electrons. The Bertz CT molecular complexity index is 1060. The van der Waals surface area contributed by atoms with Gasteiger partial charge in [-0.3, -0.25) is 9.48 Å². The maximum absolute atomic E-state index is 13.2. The number of rotatable bonds is 7. The molecule has 35 heavy (non-hydrogen) atoms. The highest BCUT2D eigenvalue weighted by molar-refractivity contribution is 5.87. The Labute approximate surface area is 200 Å². The third-order valence-corrected chi connectivity index (χ3v) is 7.02. The van der Waals surface area contributed by atoms with Gasteiger partial charge >= 0.3 is 5.97 Å². The van der Waals surface area contributed by atoms with Gasteiger partial charge in [-0.25, -0.2) is 27.3 Å². The van der Waals surface area contributed by atoms with Gasteiger partial charge in [-0.1, -0.05) is 25.3 Å². The number of amides is 1. The highest BCUT2D eigenvalue weighted by atomic mass is 19.3. The average Bonchev–Trinajstić information content (AvgIpc) is 3.29. The second-order valence-corrected chi connectivity index (χ2v) is 9.22. The number of hydrogen-bond donors (Lipinski definition) is 1. The molecule has 4 rings (SSSR count). The molecule has 190 valence electrons. The summed E-state index contributed by atoms with van der Waals surface area (Å²) in [6.07, 6.45) is 0.282. The normalized spacial score (nSPS) is 17.9. The molecule has 2 aromatic rings. The van der Waals surface area contributed by atoms with E-state index in [1.807, 2.05) is 12.1 Å². The lowest BCUT2D eigenvalue weighted by molar-refractivity contribution is -0.133. The van der Waals surface area contributed by atoms with Crippen molar-refractivity contribution in [2.24, 2.45) is 0 Å². The molecule has 11 heteroatoms. The van der Waals surface area contributed by atoms with Crippen LogP contribution in [0.3, 0.4) is 0 Å². The molecule has 0 atom stereocenters. The molecular weight excluding hydrogens is 468 g/mol. The van der Waals surface area contributed by atoms with Crippen molar-refractivity contribution in [3.8, 4) is 0 Å². The van der Waals surface area contributed by atoms with Crippen LogP contribution in [0.4, 0.5) is 17.6 Å². The summed E-state index contributed by atoms with van der Waals surface area (Å²) < 4.78 is 52.8. The topological polar surface area (TPSA) is 88.3 Å². The van der Waals surface area contributed by atoms with Crippen molar-refractivity contribution in [1.29, 1.82) is 0 Å². The molecule has 2 aromatic heterocycles. The van der Waals surface area contributed by atoms with Crippen molar-refractivity contribution in [2.45, 2.75) is 76.2 Å². The molecule has 1 amide bonds. The lowest BCUT2D eigenvalue weighted by Gasteiger charge is -2.32. The Hall–Kier alpha value is -2.98. The van der Waals surface area contributed by atoms with E-state index in [0.717, 1.165) is 31.2 Å². The predicted molar refractivity (Wildman–Crippen MR) is 118 cm³/mol. The van der Waals surface area contributed by atoms with Gasteiger partial charge < -0.3 is 10.0 Å². The Morgan fingerprint density at radius 1 is 0.971 bits per heavy atom. The third-order valence-electron chi connectivity index (χ3n) is 7.02. The minimum atomic E-state index is -3.03. The molecule has 2 aliphatic rings. The number of likely N-dealkylation sites (tertiary alicyclic amines) is 1. The first-order chi connectivity index (χ1) is 16.7. The van der Waals surface area contributed by atoms with Crippen LogP contribution < -0.4 is 0 Å². The molecule has 7 nitrogen and oxygen atoms in total. The molecule has 1 saturated heterocycles. The first kappa shape index (κ1) is 25.1. The fraction of sp³-hybridized carbons (Fsp3) is 0.583. The fourth-order valence-electron chi connectivity index (χ4n) is 5.14. The Balaban J connectivity index is 1.41. The van der Waals surface area contributed by atoms with Crippen molar-refractivity contribution >= 4 is 11.9 Å².